The number of ether oxygens (including phenoxy) is 1. The summed E-state index contributed by atoms with van der Waals surface area (Å²) in [5, 5.41) is 0. The van der Waals surface area contributed by atoms with Crippen molar-refractivity contribution < 1.29 is 9.53 Å². The van der Waals surface area contributed by atoms with Crippen molar-refractivity contribution in [3.63, 3.8) is 0 Å². The molecule has 0 aromatic carbocycles. The summed E-state index contributed by atoms with van der Waals surface area (Å²) in [5.41, 5.74) is 0.126. The van der Waals surface area contributed by atoms with E-state index in [-0.39, 0.29) is 11.0 Å². The zero-order chi connectivity index (χ0) is 13.6. The Kier molecular flexibility index (Phi) is 3.61. The molecule has 2 nitrogen and oxygen atoms in total. The number of rotatable bonds is 1. The molecule has 18 heavy (non-hydrogen) atoms. The Morgan fingerprint density at radius 1 is 1.28 bits per heavy atom. The third kappa shape index (κ3) is 2.64. The first-order valence-corrected chi connectivity index (χ1v) is 7.42. The summed E-state index contributed by atoms with van der Waals surface area (Å²) in [5.74, 6) is 1.64. The van der Waals surface area contributed by atoms with Gasteiger partial charge >= 0.3 is 0 Å². The van der Waals surface area contributed by atoms with Crippen molar-refractivity contribution in [1.82, 2.24) is 0 Å². The Bertz CT molecular complexity index is 328. The fraction of sp³-hybridized carbons (Fsp3) is 0.938. The zero-order valence-corrected chi connectivity index (χ0v) is 12.6. The van der Waals surface area contributed by atoms with E-state index in [9.17, 15) is 4.79 Å². The molecule has 0 N–H and O–H groups in total. The molecular formula is C16H28O2. The molecule has 0 saturated heterocycles. The largest absolute Gasteiger partial charge is 0.372 e. The van der Waals surface area contributed by atoms with E-state index in [0.717, 1.165) is 25.7 Å². The van der Waals surface area contributed by atoms with Crippen LogP contribution < -0.4 is 0 Å². The summed E-state index contributed by atoms with van der Waals surface area (Å²) >= 11 is 0. The van der Waals surface area contributed by atoms with Crippen molar-refractivity contribution in [2.75, 3.05) is 0 Å². The molecule has 0 aromatic heterocycles. The average Bonchev–Trinajstić information content (AvgIpc) is 2.46. The highest BCUT2D eigenvalue weighted by molar-refractivity contribution is 5.79. The summed E-state index contributed by atoms with van der Waals surface area (Å²) in [6, 6.07) is 0. The topological polar surface area (TPSA) is 26.3 Å². The number of carbonyl (C=O) groups is 1. The first kappa shape index (κ1) is 14.0. The molecule has 104 valence electrons. The van der Waals surface area contributed by atoms with Gasteiger partial charge in [-0.05, 0) is 57.3 Å². The lowest BCUT2D eigenvalue weighted by molar-refractivity contribution is -0.120. The first-order valence-electron chi connectivity index (χ1n) is 7.42. The second-order valence-electron chi connectivity index (χ2n) is 7.63. The Morgan fingerprint density at radius 2 is 1.94 bits per heavy atom. The lowest BCUT2D eigenvalue weighted by Crippen LogP contribution is -2.40. The molecule has 2 heteroatoms. The molecule has 0 aromatic rings. The average molecular weight is 252 g/mol. The fourth-order valence-electron chi connectivity index (χ4n) is 4.14. The fourth-order valence-corrected chi connectivity index (χ4v) is 4.14. The first-order chi connectivity index (χ1) is 8.22. The molecule has 0 amide bonds. The Labute approximate surface area is 111 Å². The summed E-state index contributed by atoms with van der Waals surface area (Å²) in [6.07, 6.45) is 5.27. The monoisotopic (exact) mass is 252 g/mol. The van der Waals surface area contributed by atoms with Crippen molar-refractivity contribution in [2.45, 2.75) is 78.4 Å². The minimum Gasteiger partial charge on any atom is -0.372 e. The molecule has 0 bridgehead atoms. The maximum Gasteiger partial charge on any atom is 0.133 e. The third-order valence-corrected chi connectivity index (χ3v) is 5.00. The third-order valence-electron chi connectivity index (χ3n) is 5.00. The van der Waals surface area contributed by atoms with Crippen LogP contribution in [0.4, 0.5) is 0 Å². The van der Waals surface area contributed by atoms with E-state index in [1.807, 2.05) is 0 Å². The van der Waals surface area contributed by atoms with Crippen LogP contribution in [-0.2, 0) is 9.53 Å². The molecule has 2 rings (SSSR count). The molecule has 2 aliphatic rings. The predicted molar refractivity (Wildman–Crippen MR) is 73.5 cm³/mol. The lowest BCUT2D eigenvalue weighted by atomic mass is 9.71. The Hall–Kier alpha value is -0.370. The summed E-state index contributed by atoms with van der Waals surface area (Å²) in [7, 11) is 0. The van der Waals surface area contributed by atoms with E-state index >= 15 is 0 Å². The molecule has 4 atom stereocenters. The number of fused-ring (bicyclic) bond motifs is 1. The molecule has 0 aliphatic heterocycles. The molecule has 0 radical (unpaired) electrons. The van der Waals surface area contributed by atoms with Gasteiger partial charge in [0.15, 0.2) is 0 Å². The summed E-state index contributed by atoms with van der Waals surface area (Å²) < 4.78 is 6.30. The van der Waals surface area contributed by atoms with Gasteiger partial charge in [-0.2, -0.15) is 0 Å². The smallest absolute Gasteiger partial charge is 0.133 e. The van der Waals surface area contributed by atoms with Gasteiger partial charge in [0.05, 0.1) is 11.7 Å². The van der Waals surface area contributed by atoms with Crippen molar-refractivity contribution in [3.05, 3.63) is 0 Å². The van der Waals surface area contributed by atoms with Crippen molar-refractivity contribution in [3.8, 4) is 0 Å². The molecule has 0 heterocycles. The van der Waals surface area contributed by atoms with Crippen LogP contribution >= 0.6 is 0 Å². The number of hydrogen-bond acceptors (Lipinski definition) is 2. The second-order valence-corrected chi connectivity index (χ2v) is 7.63. The molecule has 0 spiro atoms. The van der Waals surface area contributed by atoms with Gasteiger partial charge in [0.1, 0.15) is 5.78 Å². The normalized spacial score (nSPS) is 41.6. The maximum atomic E-state index is 11.8. The van der Waals surface area contributed by atoms with E-state index in [2.05, 4.69) is 34.6 Å². The minimum absolute atomic E-state index is 0.0812. The highest BCUT2D eigenvalue weighted by atomic mass is 16.5. The van der Waals surface area contributed by atoms with E-state index < -0.39 is 0 Å². The Morgan fingerprint density at radius 3 is 2.56 bits per heavy atom. The quantitative estimate of drug-likeness (QED) is 0.705. The van der Waals surface area contributed by atoms with Gasteiger partial charge in [0, 0.05) is 12.8 Å². The SMILES string of the molecule is C[C@@H]1CC(=O)CC[C@]2(C)[C@@H](OC(C)(C)C)CC[C@H]12. The van der Waals surface area contributed by atoms with Crippen LogP contribution in [0.3, 0.4) is 0 Å². The maximum absolute atomic E-state index is 11.8. The van der Waals surface area contributed by atoms with E-state index in [0.29, 0.717) is 23.7 Å². The molecule has 2 aliphatic carbocycles. The van der Waals surface area contributed by atoms with Crippen molar-refractivity contribution in [2.24, 2.45) is 17.3 Å². The lowest BCUT2D eigenvalue weighted by Gasteiger charge is -2.40. The van der Waals surface area contributed by atoms with Crippen LogP contribution in [0.1, 0.15) is 66.7 Å². The van der Waals surface area contributed by atoms with Crippen LogP contribution in [0.25, 0.3) is 0 Å². The number of Topliss-reactive ketones (excluding diaryl/α,β-unsaturated/α-hetero) is 1. The zero-order valence-electron chi connectivity index (χ0n) is 12.6. The van der Waals surface area contributed by atoms with Gasteiger partial charge in [-0.1, -0.05) is 13.8 Å². The predicted octanol–water partition coefficient (Wildman–Crippen LogP) is 3.98. The van der Waals surface area contributed by atoms with Gasteiger partial charge in [-0.25, -0.2) is 0 Å². The van der Waals surface area contributed by atoms with Crippen LogP contribution in [0, 0.1) is 17.3 Å². The second kappa shape index (κ2) is 4.63. The van der Waals surface area contributed by atoms with Crippen LogP contribution in [0.5, 0.6) is 0 Å². The minimum atomic E-state index is -0.0812. The van der Waals surface area contributed by atoms with Crippen LogP contribution in [0.2, 0.25) is 0 Å². The Balaban J connectivity index is 2.20. The van der Waals surface area contributed by atoms with Crippen LogP contribution in [-0.4, -0.2) is 17.5 Å². The standard InChI is InChI=1S/C16H28O2/c1-11-10-12(17)8-9-16(5)13(11)6-7-14(16)18-15(2,3)4/h11,13-14H,6-10H2,1-5H3/t11-,13-,14+,16+/m1/s1. The van der Waals surface area contributed by atoms with E-state index in [1.165, 1.54) is 6.42 Å². The van der Waals surface area contributed by atoms with E-state index in [1.54, 1.807) is 0 Å². The van der Waals surface area contributed by atoms with Crippen molar-refractivity contribution >= 4 is 5.78 Å². The van der Waals surface area contributed by atoms with Gasteiger partial charge in [-0.15, -0.1) is 0 Å². The van der Waals surface area contributed by atoms with E-state index in [4.69, 9.17) is 4.74 Å². The highest BCUT2D eigenvalue weighted by Gasteiger charge is 2.51. The van der Waals surface area contributed by atoms with Gasteiger partial charge in [-0.3, -0.25) is 4.79 Å². The molecule has 2 saturated carbocycles. The number of ketones is 1. The summed E-state index contributed by atoms with van der Waals surface area (Å²) in [6.45, 7) is 11.0. The van der Waals surface area contributed by atoms with Crippen molar-refractivity contribution in [1.29, 1.82) is 0 Å². The highest BCUT2D eigenvalue weighted by Crippen LogP contribution is 2.54. The molecule has 2 fully saturated rings. The number of carbonyl (C=O) groups excluding carboxylic acids is 1. The molecular weight excluding hydrogens is 224 g/mol. The molecule has 0 unspecified atom stereocenters. The van der Waals surface area contributed by atoms with Gasteiger partial charge in [0.2, 0.25) is 0 Å². The van der Waals surface area contributed by atoms with Gasteiger partial charge in [0.25, 0.3) is 0 Å². The summed E-state index contributed by atoms with van der Waals surface area (Å²) in [4.78, 5) is 11.8. The van der Waals surface area contributed by atoms with Gasteiger partial charge < -0.3 is 4.74 Å². The van der Waals surface area contributed by atoms with Crippen LogP contribution in [0.15, 0.2) is 0 Å². The number of hydrogen-bond donors (Lipinski definition) is 0.